The summed E-state index contributed by atoms with van der Waals surface area (Å²) in [5, 5.41) is 40.1. The van der Waals surface area contributed by atoms with Crippen molar-refractivity contribution in [2.45, 2.75) is 108 Å². The van der Waals surface area contributed by atoms with E-state index >= 15 is 0 Å². The molecule has 13 heterocycles. The molecule has 6 atom stereocenters. The van der Waals surface area contributed by atoms with Crippen LogP contribution in [0.4, 0.5) is 31.4 Å². The van der Waals surface area contributed by atoms with Crippen LogP contribution in [0, 0.1) is 55.2 Å². The van der Waals surface area contributed by atoms with Crippen molar-refractivity contribution in [3.8, 4) is 34.7 Å². The number of carbonyl (C=O) groups is 5. The fourth-order valence-electron chi connectivity index (χ4n) is 13.8. The smallest absolute Gasteiger partial charge is 0.472 e. The first-order chi connectivity index (χ1) is 54.3. The Labute approximate surface area is 659 Å². The molecule has 9 fully saturated rings. The molecule has 4 amide bonds. The summed E-state index contributed by atoms with van der Waals surface area (Å²) in [5.41, 5.74) is 4.43. The van der Waals surface area contributed by atoms with Crippen LogP contribution in [0.3, 0.4) is 0 Å². The van der Waals surface area contributed by atoms with Gasteiger partial charge in [0.2, 0.25) is 29.5 Å². The van der Waals surface area contributed by atoms with Gasteiger partial charge in [0.05, 0.1) is 91.5 Å². The third kappa shape index (κ3) is 18.1. The zero-order valence-electron chi connectivity index (χ0n) is 61.6. The molecular weight excluding hydrogens is 1530 g/mol. The van der Waals surface area contributed by atoms with Gasteiger partial charge < -0.3 is 62.9 Å². The Hall–Kier alpha value is -11.4. The number of fused-ring (bicyclic) bond motifs is 9. The van der Waals surface area contributed by atoms with E-state index in [1.165, 1.54) is 33.0 Å². The SMILES string of the molecule is CC1(OC(=O)O)CC1.O=C1CCC(=O)N1.[C-]#[N+]c1ccc(-n2nnc3c(OC4C5CNCC4COC5)ncnc32)c(Cl)c1.[C-]#[N+]c1ccc(-n2nnc3c(OC4C5COCC4CN(C(=O)OC(C)(C)C)C5)ncnc32)c(Cl)c1.[C-]#[N+]c1ccc(-n2nnc3c(OC4C5COCC4CN(C(=O)OC4(C)CC4)C5)ncnc32)c(Cl)c1. The van der Waals surface area contributed by atoms with Crippen LogP contribution < -0.4 is 24.8 Å². The van der Waals surface area contributed by atoms with Gasteiger partial charge in [-0.05, 0) is 96.7 Å². The van der Waals surface area contributed by atoms with Gasteiger partial charge in [-0.15, -0.1) is 15.3 Å². The molecule has 7 aliphatic heterocycles. The van der Waals surface area contributed by atoms with Crippen molar-refractivity contribution in [2.24, 2.45) is 35.5 Å². The van der Waals surface area contributed by atoms with Crippen LogP contribution in [-0.4, -0.2) is 234 Å². The Morgan fingerprint density at radius 3 is 1.15 bits per heavy atom. The average Bonchev–Trinajstić information content (AvgIpc) is 1.58. The highest BCUT2D eigenvalue weighted by molar-refractivity contribution is 6.33. The normalized spacial score (nSPS) is 23.2. The standard InChI is InChI=1S/C23H22ClN7O4.C23H24ClN7O4.C18H16ClN7O2.C5H8O3.C4H5NO2/c1-23(5-6-23)35-22(32)30-8-13-10-33-11-14(9-30)19(13)34-21-18-20(26-12-27-21)31(29-28-18)17-4-3-15(25-2)7-16(17)24;1-23(2,3)35-22(32)30-8-13-10-33-11-14(9-30)19(13)34-21-18-20(26-12-27-21)31(29-28-18)17-6-5-15(25-4)7-16(17)24;1-20-12-2-3-14(13(19)4-12)26-17-15(24-25-26)18(23-9-22-17)28-16-10-5-21-6-11(16)8-27-7-10;1-5(2-3-5)8-4(6)7;6-3-1-2-4(7)5-3/h3-4,7,12-14,19H,5-6,8-11H2,1H3;5-7,12-14,19H,8-11H2,1-3H3;2-4,9-11,16,21H,5-8H2;2-3H2,1H3,(H,6,7);1-2H2,(H,5,6,7). The molecule has 0 radical (unpaired) electrons. The van der Waals surface area contributed by atoms with Gasteiger partial charge >= 0.3 is 18.3 Å². The predicted octanol–water partition coefficient (Wildman–Crippen LogP) is 9.79. The van der Waals surface area contributed by atoms with Crippen LogP contribution in [0.1, 0.15) is 73.1 Å². The molecule has 6 bridgehead atoms. The van der Waals surface area contributed by atoms with E-state index in [1.54, 1.807) is 71.3 Å². The Kier molecular flexibility index (Phi) is 23.0. The monoisotopic (exact) mass is 1600 g/mol. The molecule has 6 aromatic heterocycles. The van der Waals surface area contributed by atoms with Crippen molar-refractivity contribution in [1.29, 1.82) is 0 Å². The van der Waals surface area contributed by atoms with E-state index in [0.717, 1.165) is 38.8 Å². The molecule has 40 heteroatoms. The maximum absolute atomic E-state index is 12.7. The number of carbonyl (C=O) groups excluding carboxylic acids is 4. The van der Waals surface area contributed by atoms with E-state index in [1.807, 2.05) is 27.7 Å². The number of aromatic nitrogens is 15. The average molecular weight is 1610 g/mol. The molecule has 9 aromatic rings. The number of nitrogens with one attached hydrogen (secondary N) is 2. The molecule has 18 rings (SSSR count). The highest BCUT2D eigenvalue weighted by Gasteiger charge is 2.49. The lowest BCUT2D eigenvalue weighted by molar-refractivity contribution is -0.124. The van der Waals surface area contributed by atoms with E-state index in [2.05, 4.69) is 90.7 Å². The number of hydrogen-bond donors (Lipinski definition) is 3. The van der Waals surface area contributed by atoms with E-state index in [9.17, 15) is 24.0 Å². The molecule has 2 saturated carbocycles. The third-order valence-corrected chi connectivity index (χ3v) is 20.9. The quantitative estimate of drug-likeness (QED) is 0.0469. The van der Waals surface area contributed by atoms with E-state index in [0.29, 0.717) is 179 Å². The molecule has 0 spiro atoms. The Bertz CT molecular complexity index is 4990. The van der Waals surface area contributed by atoms with Gasteiger partial charge in [0.1, 0.15) is 54.1 Å². The molecule has 6 unspecified atom stereocenters. The van der Waals surface area contributed by atoms with Crippen molar-refractivity contribution in [3.63, 3.8) is 0 Å². The van der Waals surface area contributed by atoms with Crippen molar-refractivity contribution in [1.82, 2.24) is 95.3 Å². The van der Waals surface area contributed by atoms with Crippen LogP contribution >= 0.6 is 34.8 Å². The summed E-state index contributed by atoms with van der Waals surface area (Å²) in [7, 11) is 0. The lowest BCUT2D eigenvalue weighted by Crippen LogP contribution is -2.59. The summed E-state index contributed by atoms with van der Waals surface area (Å²) in [4.78, 5) is 95.0. The molecule has 9 aliphatic rings. The molecule has 7 saturated heterocycles. The van der Waals surface area contributed by atoms with E-state index in [-0.39, 0.29) is 89.0 Å². The summed E-state index contributed by atoms with van der Waals surface area (Å²) in [6, 6.07) is 14.8. The molecule has 113 heavy (non-hydrogen) atoms. The lowest BCUT2D eigenvalue weighted by Gasteiger charge is -2.46. The second-order valence-corrected chi connectivity index (χ2v) is 31.0. The van der Waals surface area contributed by atoms with Crippen LogP contribution in [0.5, 0.6) is 17.6 Å². The highest BCUT2D eigenvalue weighted by Crippen LogP contribution is 2.43. The summed E-state index contributed by atoms with van der Waals surface area (Å²) in [5.74, 6) is 1.11. The van der Waals surface area contributed by atoms with E-state index in [4.69, 9.17) is 97.5 Å². The number of halogens is 3. The summed E-state index contributed by atoms with van der Waals surface area (Å²) >= 11 is 19.1. The van der Waals surface area contributed by atoms with Crippen molar-refractivity contribution < 1.29 is 71.7 Å². The third-order valence-electron chi connectivity index (χ3n) is 20.0. The minimum absolute atomic E-state index is 0.0137. The minimum Gasteiger partial charge on any atom is -0.472 e. The Morgan fingerprint density at radius 2 is 0.850 bits per heavy atom. The summed E-state index contributed by atoms with van der Waals surface area (Å²) < 4.78 is 56.5. The minimum atomic E-state index is -1.16. The fraction of sp³-hybridized carbons (Fsp3) is 0.479. The summed E-state index contributed by atoms with van der Waals surface area (Å²) in [6.07, 6.45) is 6.38. The fourth-order valence-corrected chi connectivity index (χ4v) is 14.6. The number of likely N-dealkylation sites (tertiary alicyclic amines) is 2. The number of nitrogens with zero attached hydrogens (tertiary/aromatic N) is 20. The second-order valence-electron chi connectivity index (χ2n) is 29.8. The highest BCUT2D eigenvalue weighted by atomic mass is 35.5. The topological polar surface area (TPSA) is 402 Å². The van der Waals surface area contributed by atoms with Gasteiger partial charge in [-0.3, -0.25) is 14.9 Å². The van der Waals surface area contributed by atoms with Crippen LogP contribution in [0.15, 0.2) is 73.6 Å². The first kappa shape index (κ1) is 78.3. The molecule has 37 nitrogen and oxygen atoms in total. The zero-order valence-corrected chi connectivity index (χ0v) is 63.9. The van der Waals surface area contributed by atoms with Gasteiger partial charge in [0, 0.05) is 87.6 Å². The number of rotatable bonds is 11. The molecular formula is C73H75Cl3N22O15. The van der Waals surface area contributed by atoms with Gasteiger partial charge in [0.25, 0.3) is 0 Å². The maximum atomic E-state index is 12.7. The number of hydrogen-bond acceptors (Lipinski definition) is 27. The summed E-state index contributed by atoms with van der Waals surface area (Å²) in [6.45, 7) is 37.5. The van der Waals surface area contributed by atoms with Crippen LogP contribution in [-0.2, 0) is 38.0 Å². The number of benzene rings is 3. The first-order valence-corrected chi connectivity index (χ1v) is 37.3. The molecule has 3 N–H and O–H groups in total. The maximum Gasteiger partial charge on any atom is 0.506 e. The first-order valence-electron chi connectivity index (χ1n) is 36.2. The van der Waals surface area contributed by atoms with Crippen molar-refractivity contribution in [2.75, 3.05) is 78.9 Å². The number of imide groups is 1. The largest absolute Gasteiger partial charge is 0.506 e. The van der Waals surface area contributed by atoms with Gasteiger partial charge in [-0.25, -0.2) is 43.9 Å². The van der Waals surface area contributed by atoms with Crippen molar-refractivity contribution in [3.05, 3.63) is 123 Å². The lowest BCUT2D eigenvalue weighted by atomic mass is 9.84. The second kappa shape index (κ2) is 33.1. The molecule has 3 aromatic carbocycles. The Balaban J connectivity index is 0.000000129. The van der Waals surface area contributed by atoms with Crippen LogP contribution in [0.25, 0.3) is 65.1 Å². The zero-order chi connectivity index (χ0) is 79.5. The van der Waals surface area contributed by atoms with E-state index < -0.39 is 11.8 Å². The van der Waals surface area contributed by atoms with Gasteiger partial charge in [0.15, 0.2) is 50.6 Å². The number of amides is 4. The van der Waals surface area contributed by atoms with Gasteiger partial charge in [-0.1, -0.05) is 68.6 Å². The molecule has 2 aliphatic carbocycles. The van der Waals surface area contributed by atoms with Gasteiger partial charge in [-0.2, -0.15) is 29.0 Å². The Morgan fingerprint density at radius 1 is 0.513 bits per heavy atom. The molecule has 588 valence electrons. The number of ether oxygens (including phenoxy) is 9. The van der Waals surface area contributed by atoms with Crippen molar-refractivity contribution >= 4 is 116 Å². The van der Waals surface area contributed by atoms with Crippen LogP contribution in [0.2, 0.25) is 15.1 Å². The number of carboxylic acid groups (broad SMARTS) is 1. The predicted molar refractivity (Wildman–Crippen MR) is 399 cm³/mol. The number of piperidine rings is 3.